The van der Waals surface area contributed by atoms with E-state index in [4.69, 9.17) is 15.2 Å². The molecule has 0 fully saturated rings. The van der Waals surface area contributed by atoms with Crippen molar-refractivity contribution in [1.82, 2.24) is 5.32 Å². The summed E-state index contributed by atoms with van der Waals surface area (Å²) in [6, 6.07) is 4.58. The van der Waals surface area contributed by atoms with Crippen molar-refractivity contribution in [3.05, 3.63) is 23.8 Å². The number of methoxy groups -OCH3 is 1. The predicted octanol–water partition coefficient (Wildman–Crippen LogP) is -0.0811. The highest BCUT2D eigenvalue weighted by molar-refractivity contribution is 5.96. The van der Waals surface area contributed by atoms with Gasteiger partial charge in [0.25, 0.3) is 11.8 Å². The number of rotatable bonds is 5. The Bertz CT molecular complexity index is 431. The molecule has 1 aromatic rings. The van der Waals surface area contributed by atoms with Crippen molar-refractivity contribution in [2.75, 3.05) is 20.8 Å². The number of hydrogen-bond donors (Lipinski definition) is 2. The van der Waals surface area contributed by atoms with E-state index in [2.05, 4.69) is 5.32 Å². The summed E-state index contributed by atoms with van der Waals surface area (Å²) in [5.41, 5.74) is 5.39. The van der Waals surface area contributed by atoms with Crippen LogP contribution in [-0.4, -0.2) is 32.6 Å². The summed E-state index contributed by atoms with van der Waals surface area (Å²) in [6.45, 7) is -0.191. The van der Waals surface area contributed by atoms with Crippen molar-refractivity contribution < 1.29 is 19.1 Å². The highest BCUT2D eigenvalue weighted by atomic mass is 16.5. The van der Waals surface area contributed by atoms with E-state index in [1.807, 2.05) is 0 Å². The second kappa shape index (κ2) is 5.74. The van der Waals surface area contributed by atoms with Gasteiger partial charge < -0.3 is 20.5 Å². The third-order valence-electron chi connectivity index (χ3n) is 2.09. The summed E-state index contributed by atoms with van der Waals surface area (Å²) in [6.07, 6.45) is 0. The van der Waals surface area contributed by atoms with Crippen molar-refractivity contribution in [2.45, 2.75) is 0 Å². The van der Waals surface area contributed by atoms with Gasteiger partial charge in [0.2, 0.25) is 0 Å². The maximum Gasteiger partial charge on any atom is 0.257 e. The highest BCUT2D eigenvalue weighted by Gasteiger charge is 2.11. The van der Waals surface area contributed by atoms with Crippen LogP contribution in [0.2, 0.25) is 0 Å². The van der Waals surface area contributed by atoms with E-state index >= 15 is 0 Å². The Hall–Kier alpha value is -2.24. The molecule has 0 bridgehead atoms. The summed E-state index contributed by atoms with van der Waals surface area (Å²) in [7, 11) is 2.98. The van der Waals surface area contributed by atoms with Gasteiger partial charge in [-0.25, -0.2) is 0 Å². The van der Waals surface area contributed by atoms with Crippen LogP contribution in [0.25, 0.3) is 0 Å². The molecule has 0 saturated carbocycles. The topological polar surface area (TPSA) is 90.7 Å². The van der Waals surface area contributed by atoms with Crippen LogP contribution in [0.5, 0.6) is 11.5 Å². The van der Waals surface area contributed by atoms with Gasteiger partial charge >= 0.3 is 0 Å². The Morgan fingerprint density at radius 2 is 2.12 bits per heavy atom. The molecular formula is C11H14N2O4. The average molecular weight is 238 g/mol. The molecule has 0 saturated heterocycles. The van der Waals surface area contributed by atoms with Crippen LogP contribution in [-0.2, 0) is 4.79 Å². The summed E-state index contributed by atoms with van der Waals surface area (Å²) < 4.78 is 10.2. The fraction of sp³-hybridized carbons (Fsp3) is 0.273. The van der Waals surface area contributed by atoms with Crippen LogP contribution < -0.4 is 20.5 Å². The molecule has 0 aromatic heterocycles. The number of primary amides is 1. The van der Waals surface area contributed by atoms with Gasteiger partial charge in [-0.3, -0.25) is 9.59 Å². The van der Waals surface area contributed by atoms with Crippen LogP contribution in [0.15, 0.2) is 18.2 Å². The monoisotopic (exact) mass is 238 g/mol. The van der Waals surface area contributed by atoms with E-state index in [9.17, 15) is 9.59 Å². The lowest BCUT2D eigenvalue weighted by molar-refractivity contribution is -0.122. The Labute approximate surface area is 98.7 Å². The Morgan fingerprint density at radius 1 is 1.41 bits per heavy atom. The van der Waals surface area contributed by atoms with Crippen molar-refractivity contribution >= 4 is 11.8 Å². The lowest BCUT2D eigenvalue weighted by atomic mass is 10.2. The number of hydrogen-bond acceptors (Lipinski definition) is 4. The third-order valence-corrected chi connectivity index (χ3v) is 2.09. The van der Waals surface area contributed by atoms with E-state index in [1.54, 1.807) is 6.07 Å². The number of benzene rings is 1. The first-order valence-corrected chi connectivity index (χ1v) is 4.89. The molecule has 0 spiro atoms. The minimum atomic E-state index is -0.625. The number of carbonyl (C=O) groups excluding carboxylic acids is 2. The molecule has 6 heteroatoms. The molecule has 92 valence electrons. The van der Waals surface area contributed by atoms with Crippen LogP contribution in [0.1, 0.15) is 10.4 Å². The van der Waals surface area contributed by atoms with Crippen LogP contribution >= 0.6 is 0 Å². The number of amides is 2. The third kappa shape index (κ3) is 3.37. The first-order chi connectivity index (χ1) is 8.08. The van der Waals surface area contributed by atoms with Gasteiger partial charge in [-0.1, -0.05) is 0 Å². The molecule has 0 radical (unpaired) electrons. The maximum absolute atomic E-state index is 11.1. The number of nitrogens with one attached hydrogen (secondary N) is 1. The first kappa shape index (κ1) is 12.8. The van der Waals surface area contributed by atoms with E-state index in [0.717, 1.165) is 0 Å². The van der Waals surface area contributed by atoms with Crippen LogP contribution in [0.4, 0.5) is 0 Å². The molecule has 0 unspecified atom stereocenters. The number of likely N-dealkylation sites (N-methyl/N-ethyl adjacent to an activating group) is 1. The summed E-state index contributed by atoms with van der Waals surface area (Å²) >= 11 is 0. The predicted molar refractivity (Wildman–Crippen MR) is 61.1 cm³/mol. The van der Waals surface area contributed by atoms with E-state index in [0.29, 0.717) is 5.75 Å². The molecule has 0 atom stereocenters. The molecule has 0 heterocycles. The van der Waals surface area contributed by atoms with E-state index < -0.39 is 5.91 Å². The lowest BCUT2D eigenvalue weighted by Gasteiger charge is -2.10. The fourth-order valence-electron chi connectivity index (χ4n) is 1.17. The van der Waals surface area contributed by atoms with Gasteiger partial charge in [-0.2, -0.15) is 0 Å². The van der Waals surface area contributed by atoms with Gasteiger partial charge in [0.15, 0.2) is 6.61 Å². The average Bonchev–Trinajstić information content (AvgIpc) is 2.35. The Morgan fingerprint density at radius 3 is 2.65 bits per heavy atom. The second-order valence-electron chi connectivity index (χ2n) is 3.19. The molecular weight excluding hydrogens is 224 g/mol. The minimum Gasteiger partial charge on any atom is -0.497 e. The zero-order valence-electron chi connectivity index (χ0n) is 9.65. The second-order valence-corrected chi connectivity index (χ2v) is 3.19. The van der Waals surface area contributed by atoms with Gasteiger partial charge in [0, 0.05) is 13.1 Å². The molecule has 2 amide bonds. The molecule has 6 nitrogen and oxygen atoms in total. The fourth-order valence-corrected chi connectivity index (χ4v) is 1.17. The zero-order valence-corrected chi connectivity index (χ0v) is 9.65. The van der Waals surface area contributed by atoms with Gasteiger partial charge in [-0.15, -0.1) is 0 Å². The molecule has 0 aliphatic rings. The molecule has 1 aromatic carbocycles. The Kier molecular flexibility index (Phi) is 4.33. The Balaban J connectivity index is 2.93. The first-order valence-electron chi connectivity index (χ1n) is 4.89. The number of nitrogens with two attached hydrogens (primary N) is 1. The standard InChI is InChI=1S/C11H14N2O4/c1-13-10(14)6-17-9-5-7(16-2)3-4-8(9)11(12)15/h3-5H,6H2,1-2H3,(H2,12,15)(H,13,14). The molecule has 0 aliphatic carbocycles. The van der Waals surface area contributed by atoms with Crippen molar-refractivity contribution in [1.29, 1.82) is 0 Å². The summed E-state index contributed by atoms with van der Waals surface area (Å²) in [5, 5.41) is 2.40. The lowest BCUT2D eigenvalue weighted by Crippen LogP contribution is -2.25. The molecule has 17 heavy (non-hydrogen) atoms. The summed E-state index contributed by atoms with van der Waals surface area (Å²) in [4.78, 5) is 22.2. The van der Waals surface area contributed by atoms with E-state index in [1.165, 1.54) is 26.3 Å². The van der Waals surface area contributed by atoms with Crippen molar-refractivity contribution in [3.8, 4) is 11.5 Å². The maximum atomic E-state index is 11.1. The van der Waals surface area contributed by atoms with Gasteiger partial charge in [0.1, 0.15) is 11.5 Å². The van der Waals surface area contributed by atoms with E-state index in [-0.39, 0.29) is 23.8 Å². The number of carbonyl (C=O) groups is 2. The van der Waals surface area contributed by atoms with Crippen LogP contribution in [0, 0.1) is 0 Å². The normalized spacial score (nSPS) is 9.53. The smallest absolute Gasteiger partial charge is 0.257 e. The van der Waals surface area contributed by atoms with Crippen molar-refractivity contribution in [3.63, 3.8) is 0 Å². The zero-order chi connectivity index (χ0) is 12.8. The number of ether oxygens (including phenoxy) is 2. The van der Waals surface area contributed by atoms with Gasteiger partial charge in [-0.05, 0) is 12.1 Å². The SMILES string of the molecule is CNC(=O)COc1cc(OC)ccc1C(N)=O. The van der Waals surface area contributed by atoms with Crippen LogP contribution in [0.3, 0.4) is 0 Å². The van der Waals surface area contributed by atoms with Crippen molar-refractivity contribution in [2.24, 2.45) is 5.73 Å². The largest absolute Gasteiger partial charge is 0.497 e. The molecule has 0 aliphatic heterocycles. The molecule has 1 rings (SSSR count). The highest BCUT2D eigenvalue weighted by Crippen LogP contribution is 2.24. The molecule has 3 N–H and O–H groups in total. The van der Waals surface area contributed by atoms with Gasteiger partial charge in [0.05, 0.1) is 12.7 Å². The quantitative estimate of drug-likeness (QED) is 0.750. The summed E-state index contributed by atoms with van der Waals surface area (Å²) in [5.74, 6) is -0.190. The minimum absolute atomic E-state index is 0.191.